The van der Waals surface area contributed by atoms with Crippen molar-refractivity contribution >= 4 is 17.4 Å². The van der Waals surface area contributed by atoms with Gasteiger partial charge in [0.2, 0.25) is 0 Å². The zero-order valence-electron chi connectivity index (χ0n) is 14.3. The minimum Gasteiger partial charge on any atom is -0.369 e. The highest BCUT2D eigenvalue weighted by Crippen LogP contribution is 2.31. The van der Waals surface area contributed by atoms with Crippen molar-refractivity contribution in [1.29, 1.82) is 0 Å². The lowest BCUT2D eigenvalue weighted by Gasteiger charge is -2.26. The van der Waals surface area contributed by atoms with Gasteiger partial charge in [0, 0.05) is 30.1 Å². The van der Waals surface area contributed by atoms with Crippen molar-refractivity contribution in [2.24, 2.45) is 0 Å². The van der Waals surface area contributed by atoms with E-state index in [0.29, 0.717) is 0 Å². The number of likely N-dealkylation sites (tertiary alicyclic amines) is 1. The Morgan fingerprint density at radius 1 is 1.21 bits per heavy atom. The summed E-state index contributed by atoms with van der Waals surface area (Å²) in [5.41, 5.74) is 4.81. The lowest BCUT2D eigenvalue weighted by molar-refractivity contribution is 0.230. The molecule has 0 atom stereocenters. The van der Waals surface area contributed by atoms with Crippen molar-refractivity contribution in [3.8, 4) is 5.69 Å². The first-order chi connectivity index (χ1) is 11.7. The third-order valence-electron chi connectivity index (χ3n) is 5.31. The van der Waals surface area contributed by atoms with Gasteiger partial charge in [0.15, 0.2) is 0 Å². The zero-order chi connectivity index (χ0) is 16.5. The smallest absolute Gasteiger partial charge is 0.133 e. The minimum absolute atomic E-state index is 0.796. The predicted octanol–water partition coefficient (Wildman–Crippen LogP) is 3.83. The van der Waals surface area contributed by atoms with Crippen LogP contribution in [-0.4, -0.2) is 40.9 Å². The van der Waals surface area contributed by atoms with Gasteiger partial charge in [-0.2, -0.15) is 5.10 Å². The van der Waals surface area contributed by atoms with Crippen LogP contribution in [0.3, 0.4) is 0 Å². The highest BCUT2D eigenvalue weighted by Gasteiger charge is 2.24. The van der Waals surface area contributed by atoms with Gasteiger partial charge in [0.05, 0.1) is 11.4 Å². The number of rotatable bonds is 4. The van der Waals surface area contributed by atoms with Crippen LogP contribution in [0.5, 0.6) is 0 Å². The number of aromatic nitrogens is 2. The molecule has 0 aliphatic carbocycles. The second kappa shape index (κ2) is 6.77. The van der Waals surface area contributed by atoms with E-state index in [4.69, 9.17) is 16.7 Å². The fourth-order valence-electron chi connectivity index (χ4n) is 3.89. The van der Waals surface area contributed by atoms with Gasteiger partial charge in [-0.05, 0) is 57.0 Å². The van der Waals surface area contributed by atoms with Crippen LogP contribution in [0.2, 0.25) is 5.02 Å². The summed E-state index contributed by atoms with van der Waals surface area (Å²) in [6.07, 6.45) is 6.19. The maximum absolute atomic E-state index is 6.32. The van der Waals surface area contributed by atoms with Gasteiger partial charge in [-0.25, -0.2) is 4.68 Å². The summed E-state index contributed by atoms with van der Waals surface area (Å²) < 4.78 is 2.06. The average Bonchev–Trinajstić information content (AvgIpc) is 3.20. The number of nitrogens with zero attached hydrogens (tertiary/aromatic N) is 3. The van der Waals surface area contributed by atoms with Gasteiger partial charge in [0.25, 0.3) is 0 Å². The van der Waals surface area contributed by atoms with Gasteiger partial charge in [-0.3, -0.25) is 0 Å². The molecule has 2 aliphatic rings. The van der Waals surface area contributed by atoms with Gasteiger partial charge in [-0.1, -0.05) is 24.1 Å². The molecule has 1 aromatic carbocycles. The van der Waals surface area contributed by atoms with E-state index in [9.17, 15) is 0 Å². The standard InChI is InChI=1S/C19H25ClN4/c1-14-16(20)6-5-7-18(14)24-19-15(8-10-21-19)17(22-24)9-13-23-11-3-2-4-12-23/h5-7,21H,2-4,8-13H2,1H3. The number of halogens is 1. The molecular weight excluding hydrogens is 320 g/mol. The van der Waals surface area contributed by atoms with E-state index in [0.717, 1.165) is 48.0 Å². The van der Waals surface area contributed by atoms with Gasteiger partial charge in [-0.15, -0.1) is 0 Å². The largest absolute Gasteiger partial charge is 0.369 e. The van der Waals surface area contributed by atoms with Crippen LogP contribution in [0.1, 0.15) is 36.1 Å². The van der Waals surface area contributed by atoms with Gasteiger partial charge >= 0.3 is 0 Å². The van der Waals surface area contributed by atoms with E-state index < -0.39 is 0 Å². The maximum atomic E-state index is 6.32. The Kier molecular flexibility index (Phi) is 4.51. The van der Waals surface area contributed by atoms with Crippen molar-refractivity contribution in [2.75, 3.05) is 31.5 Å². The summed E-state index contributed by atoms with van der Waals surface area (Å²) in [6.45, 7) is 6.68. The molecule has 4 rings (SSSR count). The van der Waals surface area contributed by atoms with Crippen LogP contribution in [0.25, 0.3) is 5.69 Å². The number of hydrogen-bond donors (Lipinski definition) is 1. The summed E-state index contributed by atoms with van der Waals surface area (Å²) in [7, 11) is 0. The molecule has 2 aliphatic heterocycles. The molecule has 0 amide bonds. The summed E-state index contributed by atoms with van der Waals surface area (Å²) in [6, 6.07) is 6.04. The van der Waals surface area contributed by atoms with E-state index in [1.165, 1.54) is 43.6 Å². The Morgan fingerprint density at radius 2 is 2.04 bits per heavy atom. The Hall–Kier alpha value is -1.52. The minimum atomic E-state index is 0.796. The fraction of sp³-hybridized carbons (Fsp3) is 0.526. The first kappa shape index (κ1) is 16.0. The first-order valence-corrected chi connectivity index (χ1v) is 9.44. The molecule has 0 radical (unpaired) electrons. The Labute approximate surface area is 148 Å². The predicted molar refractivity (Wildman–Crippen MR) is 99.5 cm³/mol. The monoisotopic (exact) mass is 344 g/mol. The summed E-state index contributed by atoms with van der Waals surface area (Å²) in [5, 5.41) is 9.27. The first-order valence-electron chi connectivity index (χ1n) is 9.06. The highest BCUT2D eigenvalue weighted by molar-refractivity contribution is 6.31. The molecular formula is C19H25ClN4. The molecule has 3 heterocycles. The fourth-order valence-corrected chi connectivity index (χ4v) is 4.06. The van der Waals surface area contributed by atoms with E-state index in [2.05, 4.69) is 27.9 Å². The molecule has 1 saturated heterocycles. The summed E-state index contributed by atoms with van der Waals surface area (Å²) >= 11 is 6.32. The quantitative estimate of drug-likeness (QED) is 0.915. The van der Waals surface area contributed by atoms with Crippen LogP contribution in [0, 0.1) is 6.92 Å². The molecule has 1 N–H and O–H groups in total. The molecule has 5 heteroatoms. The second-order valence-corrected chi connectivity index (χ2v) is 7.31. The van der Waals surface area contributed by atoms with E-state index in [-0.39, 0.29) is 0 Å². The Bertz CT molecular complexity index is 731. The molecule has 0 bridgehead atoms. The molecule has 1 aromatic heterocycles. The van der Waals surface area contributed by atoms with Crippen LogP contribution in [-0.2, 0) is 12.8 Å². The Balaban J connectivity index is 1.61. The normalized spacial score (nSPS) is 17.8. The van der Waals surface area contributed by atoms with Crippen LogP contribution < -0.4 is 5.32 Å². The number of fused-ring (bicyclic) bond motifs is 1. The van der Waals surface area contributed by atoms with Crippen molar-refractivity contribution in [2.45, 2.75) is 39.0 Å². The highest BCUT2D eigenvalue weighted by atomic mass is 35.5. The van der Waals surface area contributed by atoms with E-state index in [1.807, 2.05) is 12.1 Å². The van der Waals surface area contributed by atoms with E-state index in [1.54, 1.807) is 0 Å². The topological polar surface area (TPSA) is 33.1 Å². The van der Waals surface area contributed by atoms with E-state index >= 15 is 0 Å². The molecule has 0 saturated carbocycles. The molecule has 128 valence electrons. The summed E-state index contributed by atoms with van der Waals surface area (Å²) in [4.78, 5) is 2.59. The number of nitrogens with one attached hydrogen (secondary N) is 1. The lowest BCUT2D eigenvalue weighted by atomic mass is 10.1. The molecule has 24 heavy (non-hydrogen) atoms. The maximum Gasteiger partial charge on any atom is 0.133 e. The van der Waals surface area contributed by atoms with Gasteiger partial charge < -0.3 is 10.2 Å². The number of hydrogen-bond acceptors (Lipinski definition) is 3. The van der Waals surface area contributed by atoms with Crippen molar-refractivity contribution in [3.05, 3.63) is 40.0 Å². The molecule has 4 nitrogen and oxygen atoms in total. The number of benzene rings is 1. The third kappa shape index (κ3) is 2.93. The van der Waals surface area contributed by atoms with Gasteiger partial charge in [0.1, 0.15) is 5.82 Å². The zero-order valence-corrected chi connectivity index (χ0v) is 15.1. The SMILES string of the molecule is Cc1c(Cl)cccc1-n1nc(CCN2CCCCC2)c2c1NCC2. The van der Waals surface area contributed by atoms with Crippen molar-refractivity contribution in [3.63, 3.8) is 0 Å². The molecule has 2 aromatic rings. The molecule has 0 spiro atoms. The van der Waals surface area contributed by atoms with Crippen molar-refractivity contribution in [1.82, 2.24) is 14.7 Å². The molecule has 1 fully saturated rings. The number of piperidine rings is 1. The Morgan fingerprint density at radius 3 is 2.88 bits per heavy atom. The van der Waals surface area contributed by atoms with Crippen molar-refractivity contribution < 1.29 is 0 Å². The van der Waals surface area contributed by atoms with Crippen LogP contribution >= 0.6 is 11.6 Å². The second-order valence-electron chi connectivity index (χ2n) is 6.90. The number of anilines is 1. The lowest BCUT2D eigenvalue weighted by Crippen LogP contribution is -2.31. The van der Waals surface area contributed by atoms with Crippen LogP contribution in [0.15, 0.2) is 18.2 Å². The average molecular weight is 345 g/mol. The summed E-state index contributed by atoms with van der Waals surface area (Å²) in [5.74, 6) is 1.16. The van der Waals surface area contributed by atoms with Crippen LogP contribution in [0.4, 0.5) is 5.82 Å². The molecule has 0 unspecified atom stereocenters. The third-order valence-corrected chi connectivity index (χ3v) is 5.72.